The SMILES string of the molecule is CN/C=C(\N=N)c1ccc(Cc2cc3c(=O)n([C@H]4CCC[C@@H]4O)cnc3c(C)c2C)cn1. The maximum Gasteiger partial charge on any atom is 0.261 e. The molecule has 8 heteroatoms. The zero-order valence-electron chi connectivity index (χ0n) is 18.6. The van der Waals surface area contributed by atoms with Gasteiger partial charge in [-0.3, -0.25) is 14.3 Å². The summed E-state index contributed by atoms with van der Waals surface area (Å²) in [6.45, 7) is 4.04. The van der Waals surface area contributed by atoms with E-state index >= 15 is 0 Å². The molecule has 166 valence electrons. The van der Waals surface area contributed by atoms with Crippen LogP contribution < -0.4 is 10.9 Å². The minimum absolute atomic E-state index is 0.0994. The van der Waals surface area contributed by atoms with Crippen LogP contribution in [-0.2, 0) is 6.42 Å². The van der Waals surface area contributed by atoms with Gasteiger partial charge in [-0.25, -0.2) is 10.5 Å². The number of aromatic nitrogens is 3. The predicted octanol–water partition coefficient (Wildman–Crippen LogP) is 3.63. The molecule has 1 aliphatic carbocycles. The van der Waals surface area contributed by atoms with E-state index < -0.39 is 6.10 Å². The van der Waals surface area contributed by atoms with Crippen molar-refractivity contribution >= 4 is 16.6 Å². The summed E-state index contributed by atoms with van der Waals surface area (Å²) in [5.74, 6) is 0. The molecule has 0 bridgehead atoms. The van der Waals surface area contributed by atoms with E-state index in [-0.39, 0.29) is 11.6 Å². The zero-order valence-corrected chi connectivity index (χ0v) is 18.6. The van der Waals surface area contributed by atoms with Crippen LogP contribution >= 0.6 is 0 Å². The van der Waals surface area contributed by atoms with Gasteiger partial charge in [0.2, 0.25) is 0 Å². The summed E-state index contributed by atoms with van der Waals surface area (Å²) in [5.41, 5.74) is 13.1. The molecule has 1 saturated carbocycles. The number of hydrogen-bond acceptors (Lipinski definition) is 7. The Labute approximate surface area is 186 Å². The molecule has 0 unspecified atom stereocenters. The van der Waals surface area contributed by atoms with Crippen molar-refractivity contribution in [3.63, 3.8) is 0 Å². The Morgan fingerprint density at radius 2 is 2.12 bits per heavy atom. The van der Waals surface area contributed by atoms with Crippen LogP contribution in [0.15, 0.2) is 46.8 Å². The van der Waals surface area contributed by atoms with E-state index in [1.54, 1.807) is 30.3 Å². The van der Waals surface area contributed by atoms with Gasteiger partial charge in [-0.1, -0.05) is 6.07 Å². The van der Waals surface area contributed by atoms with Crippen molar-refractivity contribution in [1.29, 1.82) is 5.53 Å². The molecule has 2 aromatic heterocycles. The van der Waals surface area contributed by atoms with Crippen LogP contribution in [0.2, 0.25) is 0 Å². The van der Waals surface area contributed by atoms with E-state index in [0.717, 1.165) is 41.5 Å². The lowest BCUT2D eigenvalue weighted by molar-refractivity contribution is 0.134. The number of fused-ring (bicyclic) bond motifs is 1. The molecule has 0 saturated heterocycles. The molecule has 0 spiro atoms. The Kier molecular flexibility index (Phi) is 6.14. The highest BCUT2D eigenvalue weighted by molar-refractivity contribution is 5.83. The lowest BCUT2D eigenvalue weighted by Crippen LogP contribution is -2.29. The summed E-state index contributed by atoms with van der Waals surface area (Å²) < 4.78 is 1.61. The number of hydrogen-bond donors (Lipinski definition) is 3. The Morgan fingerprint density at radius 3 is 2.75 bits per heavy atom. The Morgan fingerprint density at radius 1 is 1.31 bits per heavy atom. The van der Waals surface area contributed by atoms with Gasteiger partial charge in [0.15, 0.2) is 0 Å². The second kappa shape index (κ2) is 9.00. The van der Waals surface area contributed by atoms with Gasteiger partial charge >= 0.3 is 0 Å². The van der Waals surface area contributed by atoms with Gasteiger partial charge in [0.05, 0.1) is 35.1 Å². The first-order valence-electron chi connectivity index (χ1n) is 10.8. The van der Waals surface area contributed by atoms with E-state index in [2.05, 4.69) is 20.4 Å². The maximum atomic E-state index is 13.3. The molecule has 0 aliphatic heterocycles. The minimum Gasteiger partial charge on any atom is -0.392 e. The van der Waals surface area contributed by atoms with Gasteiger partial charge in [0, 0.05) is 19.4 Å². The standard InChI is InChI=1S/C24H28N6O2/c1-14-15(2)23-18(24(32)30(13-28-23)21-5-4-6-22(21)31)10-17(14)9-16-7-8-19(27-11-16)20(29-25)12-26-3/h7-8,10-13,21-22,25-26,31H,4-6,9H2,1-3H3/b20-12-,29-25?/t21-,22-/m0/s1. The van der Waals surface area contributed by atoms with Crippen molar-refractivity contribution in [2.45, 2.75) is 51.7 Å². The number of aryl methyl sites for hydroxylation is 1. The van der Waals surface area contributed by atoms with Crippen molar-refractivity contribution in [2.24, 2.45) is 5.11 Å². The average Bonchev–Trinajstić information content (AvgIpc) is 3.22. The van der Waals surface area contributed by atoms with Gasteiger partial charge in [-0.15, -0.1) is 0 Å². The van der Waals surface area contributed by atoms with Gasteiger partial charge < -0.3 is 10.4 Å². The largest absolute Gasteiger partial charge is 0.392 e. The number of nitrogens with zero attached hydrogens (tertiary/aromatic N) is 4. The molecule has 32 heavy (non-hydrogen) atoms. The van der Waals surface area contributed by atoms with E-state index in [1.807, 2.05) is 32.0 Å². The molecule has 8 nitrogen and oxygen atoms in total. The molecule has 3 aromatic rings. The number of aliphatic hydroxyl groups is 1. The van der Waals surface area contributed by atoms with Crippen molar-refractivity contribution in [3.8, 4) is 0 Å². The molecule has 0 radical (unpaired) electrons. The van der Waals surface area contributed by atoms with Crippen molar-refractivity contribution in [1.82, 2.24) is 19.9 Å². The molecule has 1 aliphatic rings. The van der Waals surface area contributed by atoms with Gasteiger partial charge in [0.1, 0.15) is 5.70 Å². The van der Waals surface area contributed by atoms with E-state index in [4.69, 9.17) is 5.53 Å². The topological polar surface area (TPSA) is 116 Å². The molecule has 4 rings (SSSR count). The van der Waals surface area contributed by atoms with Crippen molar-refractivity contribution in [3.05, 3.63) is 75.2 Å². The molecular formula is C24H28N6O2. The number of benzene rings is 1. The highest BCUT2D eigenvalue weighted by atomic mass is 16.3. The zero-order chi connectivity index (χ0) is 22.8. The van der Waals surface area contributed by atoms with E-state index in [0.29, 0.717) is 28.7 Å². The van der Waals surface area contributed by atoms with Crippen LogP contribution in [0.25, 0.3) is 16.6 Å². The fraction of sp³-hybridized carbons (Fsp3) is 0.375. The summed E-state index contributed by atoms with van der Waals surface area (Å²) in [7, 11) is 1.75. The first-order chi connectivity index (χ1) is 15.4. The number of nitrogens with one attached hydrogen (secondary N) is 2. The molecule has 2 heterocycles. The first kappa shape index (κ1) is 21.8. The van der Waals surface area contributed by atoms with E-state index in [9.17, 15) is 9.90 Å². The Bertz CT molecular complexity index is 1250. The lowest BCUT2D eigenvalue weighted by atomic mass is 9.95. The third kappa shape index (κ3) is 3.93. The number of aliphatic hydroxyl groups excluding tert-OH is 1. The van der Waals surface area contributed by atoms with Gasteiger partial charge in [-0.2, -0.15) is 5.11 Å². The highest BCUT2D eigenvalue weighted by Gasteiger charge is 2.28. The second-order valence-electron chi connectivity index (χ2n) is 8.36. The summed E-state index contributed by atoms with van der Waals surface area (Å²) in [6.07, 6.45) is 7.54. The molecule has 0 amide bonds. The monoisotopic (exact) mass is 432 g/mol. The molecule has 2 atom stereocenters. The normalized spacial score (nSPS) is 18.8. The van der Waals surface area contributed by atoms with Gasteiger partial charge in [-0.05, 0) is 73.9 Å². The van der Waals surface area contributed by atoms with Gasteiger partial charge in [0.25, 0.3) is 5.56 Å². The lowest BCUT2D eigenvalue weighted by Gasteiger charge is -2.19. The third-order valence-electron chi connectivity index (χ3n) is 6.43. The predicted molar refractivity (Wildman–Crippen MR) is 124 cm³/mol. The fourth-order valence-corrected chi connectivity index (χ4v) is 4.48. The van der Waals surface area contributed by atoms with Crippen LogP contribution in [0, 0.1) is 19.4 Å². The van der Waals surface area contributed by atoms with Crippen LogP contribution in [0.5, 0.6) is 0 Å². The Balaban J connectivity index is 1.72. The van der Waals surface area contributed by atoms with Crippen LogP contribution in [0.4, 0.5) is 0 Å². The summed E-state index contributed by atoms with van der Waals surface area (Å²) in [4.78, 5) is 22.3. The molecule has 1 fully saturated rings. The molecular weight excluding hydrogens is 404 g/mol. The summed E-state index contributed by atoms with van der Waals surface area (Å²) >= 11 is 0. The fourth-order valence-electron chi connectivity index (χ4n) is 4.48. The Hall–Kier alpha value is -3.39. The van der Waals surface area contributed by atoms with E-state index in [1.165, 1.54) is 0 Å². The number of pyridine rings is 1. The second-order valence-corrected chi connectivity index (χ2v) is 8.36. The third-order valence-corrected chi connectivity index (χ3v) is 6.43. The first-order valence-corrected chi connectivity index (χ1v) is 10.8. The minimum atomic E-state index is -0.500. The van der Waals surface area contributed by atoms with Crippen LogP contribution in [0.1, 0.15) is 53.3 Å². The average molecular weight is 433 g/mol. The smallest absolute Gasteiger partial charge is 0.261 e. The van der Waals surface area contributed by atoms with Crippen molar-refractivity contribution in [2.75, 3.05) is 7.05 Å². The summed E-state index contributed by atoms with van der Waals surface area (Å²) in [5, 5.41) is 17.2. The summed E-state index contributed by atoms with van der Waals surface area (Å²) in [6, 6.07) is 5.54. The van der Waals surface area contributed by atoms with Crippen LogP contribution in [-0.4, -0.2) is 32.8 Å². The molecule has 3 N–H and O–H groups in total. The number of rotatable bonds is 6. The van der Waals surface area contributed by atoms with Crippen molar-refractivity contribution < 1.29 is 5.11 Å². The highest BCUT2D eigenvalue weighted by Crippen LogP contribution is 2.30. The maximum absolute atomic E-state index is 13.3. The quantitative estimate of drug-likeness (QED) is 0.514. The molecule has 1 aromatic carbocycles. The van der Waals surface area contributed by atoms with Crippen LogP contribution in [0.3, 0.4) is 0 Å².